The van der Waals surface area contributed by atoms with Gasteiger partial charge in [0.1, 0.15) is 12.4 Å². The number of hydrogen-bond acceptors (Lipinski definition) is 6. The molecule has 9 heteroatoms. The number of halogens is 1. The Kier molecular flexibility index (Phi) is 7.92. The van der Waals surface area contributed by atoms with E-state index in [0.717, 1.165) is 25.1 Å². The molecule has 1 aromatic heterocycles. The van der Waals surface area contributed by atoms with E-state index < -0.39 is 0 Å². The molecule has 0 aliphatic rings. The van der Waals surface area contributed by atoms with Crippen LogP contribution in [-0.4, -0.2) is 47.7 Å². The van der Waals surface area contributed by atoms with E-state index in [1.165, 1.54) is 23.1 Å². The maximum atomic E-state index is 12.2. The molecule has 140 valence electrons. The van der Waals surface area contributed by atoms with Gasteiger partial charge in [-0.1, -0.05) is 27.7 Å². The van der Waals surface area contributed by atoms with Crippen LogP contribution in [0.2, 0.25) is 0 Å². The zero-order valence-electron chi connectivity index (χ0n) is 14.5. The molecule has 2 aromatic rings. The average Bonchev–Trinajstić information content (AvgIpc) is 2.93. The summed E-state index contributed by atoms with van der Waals surface area (Å²) in [5.41, 5.74) is 6.01. The molecule has 0 spiro atoms. The van der Waals surface area contributed by atoms with E-state index in [-0.39, 0.29) is 24.0 Å². The van der Waals surface area contributed by atoms with Crippen LogP contribution in [0.4, 0.5) is 0 Å². The Morgan fingerprint density at radius 1 is 1.35 bits per heavy atom. The molecule has 2 rings (SSSR count). The monoisotopic (exact) mass is 457 g/mol. The van der Waals surface area contributed by atoms with Crippen LogP contribution >= 0.6 is 39.0 Å². The highest BCUT2D eigenvalue weighted by atomic mass is 79.9. The number of carbonyl (C=O) groups is 2. The first-order valence-corrected chi connectivity index (χ1v) is 10.4. The Balaban J connectivity index is 1.74. The molecule has 0 saturated heterocycles. The van der Waals surface area contributed by atoms with Crippen LogP contribution in [0.5, 0.6) is 5.75 Å². The SMILES string of the molecule is Cc1nc(SCC(=O)N(C)CCOc2ccc(Br)cc2)sc1CC(N)=O. The number of thioether (sulfide) groups is 1. The summed E-state index contributed by atoms with van der Waals surface area (Å²) in [4.78, 5) is 30.1. The standard InChI is InChI=1S/C17H20BrN3O3S2/c1-11-14(9-15(19)22)26-17(20-11)25-10-16(23)21(2)7-8-24-13-5-3-12(18)4-6-13/h3-6H,7-10H2,1-2H3,(H2,19,22). The van der Waals surface area contributed by atoms with Gasteiger partial charge in [-0.05, 0) is 31.2 Å². The van der Waals surface area contributed by atoms with Crippen LogP contribution in [0.15, 0.2) is 33.1 Å². The topological polar surface area (TPSA) is 85.5 Å². The molecule has 1 heterocycles. The number of likely N-dealkylation sites (N-methyl/N-ethyl adjacent to an activating group) is 1. The van der Waals surface area contributed by atoms with E-state index in [0.29, 0.717) is 13.2 Å². The van der Waals surface area contributed by atoms with Gasteiger partial charge in [0.2, 0.25) is 11.8 Å². The average molecular weight is 458 g/mol. The number of amides is 2. The van der Waals surface area contributed by atoms with Crippen LogP contribution in [0.25, 0.3) is 0 Å². The second kappa shape index (κ2) is 9.94. The van der Waals surface area contributed by atoms with Gasteiger partial charge in [-0.25, -0.2) is 4.98 Å². The van der Waals surface area contributed by atoms with Crippen molar-refractivity contribution in [1.29, 1.82) is 0 Å². The maximum absolute atomic E-state index is 12.2. The van der Waals surface area contributed by atoms with Gasteiger partial charge in [0, 0.05) is 16.4 Å². The molecule has 0 aliphatic heterocycles. The van der Waals surface area contributed by atoms with E-state index in [4.69, 9.17) is 10.5 Å². The molecule has 0 fully saturated rings. The molecule has 0 aliphatic carbocycles. The van der Waals surface area contributed by atoms with Crippen molar-refractivity contribution >= 4 is 50.8 Å². The van der Waals surface area contributed by atoms with Crippen LogP contribution < -0.4 is 10.5 Å². The summed E-state index contributed by atoms with van der Waals surface area (Å²) in [7, 11) is 1.75. The lowest BCUT2D eigenvalue weighted by atomic mass is 10.3. The number of aryl methyl sites for hydroxylation is 1. The Labute approximate surface area is 169 Å². The van der Waals surface area contributed by atoms with Crippen molar-refractivity contribution in [3.05, 3.63) is 39.3 Å². The zero-order valence-corrected chi connectivity index (χ0v) is 17.7. The number of aromatic nitrogens is 1. The fourth-order valence-corrected chi connectivity index (χ4v) is 4.42. The van der Waals surface area contributed by atoms with E-state index in [1.54, 1.807) is 11.9 Å². The quantitative estimate of drug-likeness (QED) is 0.585. The maximum Gasteiger partial charge on any atom is 0.232 e. The summed E-state index contributed by atoms with van der Waals surface area (Å²) in [6.45, 7) is 2.76. The van der Waals surface area contributed by atoms with Crippen LogP contribution in [0.3, 0.4) is 0 Å². The van der Waals surface area contributed by atoms with Gasteiger partial charge in [0.15, 0.2) is 4.34 Å². The fourth-order valence-electron chi connectivity index (χ4n) is 1.97. The molecule has 26 heavy (non-hydrogen) atoms. The lowest BCUT2D eigenvalue weighted by Gasteiger charge is -2.17. The largest absolute Gasteiger partial charge is 0.492 e. The second-order valence-corrected chi connectivity index (χ2v) is 8.76. The summed E-state index contributed by atoms with van der Waals surface area (Å²) in [6.07, 6.45) is 0.186. The normalized spacial score (nSPS) is 10.6. The first-order valence-electron chi connectivity index (χ1n) is 7.85. The first-order chi connectivity index (χ1) is 12.3. The van der Waals surface area contributed by atoms with Crippen molar-refractivity contribution in [3.63, 3.8) is 0 Å². The summed E-state index contributed by atoms with van der Waals surface area (Å²) >= 11 is 6.15. The van der Waals surface area contributed by atoms with Crippen LogP contribution in [0.1, 0.15) is 10.6 Å². The molecular weight excluding hydrogens is 438 g/mol. The van der Waals surface area contributed by atoms with E-state index >= 15 is 0 Å². The molecule has 6 nitrogen and oxygen atoms in total. The van der Waals surface area contributed by atoms with Crippen molar-refractivity contribution < 1.29 is 14.3 Å². The highest BCUT2D eigenvalue weighted by Crippen LogP contribution is 2.27. The number of ether oxygens (including phenoxy) is 1. The first kappa shape index (κ1) is 20.7. The molecule has 0 saturated carbocycles. The predicted molar refractivity (Wildman–Crippen MR) is 108 cm³/mol. The van der Waals surface area contributed by atoms with Gasteiger partial charge < -0.3 is 15.4 Å². The minimum Gasteiger partial charge on any atom is -0.492 e. The van der Waals surface area contributed by atoms with Crippen molar-refractivity contribution in [2.45, 2.75) is 17.7 Å². The van der Waals surface area contributed by atoms with Gasteiger partial charge in [-0.15, -0.1) is 11.3 Å². The van der Waals surface area contributed by atoms with E-state index in [9.17, 15) is 9.59 Å². The van der Waals surface area contributed by atoms with Gasteiger partial charge in [-0.2, -0.15) is 0 Å². The highest BCUT2D eigenvalue weighted by molar-refractivity contribution is 9.10. The van der Waals surface area contributed by atoms with Crippen molar-refractivity contribution in [1.82, 2.24) is 9.88 Å². The van der Waals surface area contributed by atoms with E-state index in [2.05, 4.69) is 20.9 Å². The number of primary amides is 1. The molecular formula is C17H20BrN3O3S2. The molecule has 0 unspecified atom stereocenters. The van der Waals surface area contributed by atoms with Crippen molar-refractivity contribution in [2.75, 3.05) is 26.0 Å². The lowest BCUT2D eigenvalue weighted by Crippen LogP contribution is -2.32. The number of hydrogen-bond donors (Lipinski definition) is 1. The molecule has 0 bridgehead atoms. The van der Waals surface area contributed by atoms with Crippen molar-refractivity contribution in [3.8, 4) is 5.75 Å². The Bertz CT molecular complexity index is 765. The number of nitrogens with zero attached hydrogens (tertiary/aromatic N) is 2. The van der Waals surface area contributed by atoms with E-state index in [1.807, 2.05) is 31.2 Å². The summed E-state index contributed by atoms with van der Waals surface area (Å²) in [5, 5.41) is 0. The highest BCUT2D eigenvalue weighted by Gasteiger charge is 2.14. The van der Waals surface area contributed by atoms with Crippen LogP contribution in [-0.2, 0) is 16.0 Å². The summed E-state index contributed by atoms with van der Waals surface area (Å²) in [6, 6.07) is 7.55. The third-order valence-corrected chi connectivity index (χ3v) is 6.28. The Hall–Kier alpha value is -1.58. The molecule has 1 aromatic carbocycles. The zero-order chi connectivity index (χ0) is 19.1. The minimum absolute atomic E-state index is 0.00119. The number of rotatable bonds is 9. The molecule has 0 atom stereocenters. The third kappa shape index (κ3) is 6.62. The molecule has 0 radical (unpaired) electrons. The van der Waals surface area contributed by atoms with Gasteiger partial charge in [-0.3, -0.25) is 9.59 Å². The molecule has 2 N–H and O–H groups in total. The van der Waals surface area contributed by atoms with Crippen molar-refractivity contribution in [2.24, 2.45) is 5.73 Å². The van der Waals surface area contributed by atoms with Crippen LogP contribution in [0, 0.1) is 6.92 Å². The number of carbonyl (C=O) groups excluding carboxylic acids is 2. The smallest absolute Gasteiger partial charge is 0.232 e. The number of benzene rings is 1. The minimum atomic E-state index is -0.380. The second-order valence-electron chi connectivity index (χ2n) is 5.54. The summed E-state index contributed by atoms with van der Waals surface area (Å²) in [5.74, 6) is 0.676. The fraction of sp³-hybridized carbons (Fsp3) is 0.353. The lowest BCUT2D eigenvalue weighted by molar-refractivity contribution is -0.127. The Morgan fingerprint density at radius 2 is 2.04 bits per heavy atom. The third-order valence-electron chi connectivity index (χ3n) is 3.46. The number of thiazole rings is 1. The van der Waals surface area contributed by atoms with Gasteiger partial charge in [0.05, 0.1) is 24.4 Å². The Morgan fingerprint density at radius 3 is 2.69 bits per heavy atom. The van der Waals surface area contributed by atoms with Gasteiger partial charge >= 0.3 is 0 Å². The number of nitrogens with two attached hydrogens (primary N) is 1. The molecule has 2 amide bonds. The summed E-state index contributed by atoms with van der Waals surface area (Å²) < 4.78 is 7.39. The predicted octanol–water partition coefficient (Wildman–Crippen LogP) is 2.87. The van der Waals surface area contributed by atoms with Gasteiger partial charge in [0.25, 0.3) is 0 Å².